The summed E-state index contributed by atoms with van der Waals surface area (Å²) in [5, 5.41) is 0.728. The molecule has 1 unspecified atom stereocenters. The number of hydrogen-bond donors (Lipinski definition) is 1. The molecule has 0 fully saturated rings. The number of aryl methyl sites for hydroxylation is 1. The van der Waals surface area contributed by atoms with Gasteiger partial charge in [-0.05, 0) is 43.7 Å². The van der Waals surface area contributed by atoms with Crippen LogP contribution in [0.5, 0.6) is 0 Å². The minimum atomic E-state index is 0.129. The second kappa shape index (κ2) is 6.41. The molecule has 0 aliphatic rings. The van der Waals surface area contributed by atoms with E-state index >= 15 is 0 Å². The highest BCUT2D eigenvalue weighted by Crippen LogP contribution is 2.27. The standard InChI is InChI=1S/C16H18ClN3S/c1-10-4-9-14(15(18)21)16(19-10)20(3)11(2)12-5-7-13(17)8-6-12/h4-9,11H,1-3H3,(H2,18,21). The number of benzene rings is 1. The van der Waals surface area contributed by atoms with Crippen LogP contribution < -0.4 is 10.6 Å². The van der Waals surface area contributed by atoms with Crippen LogP contribution in [0.25, 0.3) is 0 Å². The Hall–Kier alpha value is -1.65. The first-order valence-electron chi connectivity index (χ1n) is 6.66. The molecule has 3 nitrogen and oxygen atoms in total. The largest absolute Gasteiger partial charge is 0.389 e. The maximum atomic E-state index is 5.94. The predicted molar refractivity (Wildman–Crippen MR) is 93.1 cm³/mol. The van der Waals surface area contributed by atoms with Gasteiger partial charge in [-0.2, -0.15) is 0 Å². The highest BCUT2D eigenvalue weighted by atomic mass is 35.5. The van der Waals surface area contributed by atoms with E-state index in [2.05, 4.69) is 16.8 Å². The Morgan fingerprint density at radius 2 is 1.86 bits per heavy atom. The fraction of sp³-hybridized carbons (Fsp3) is 0.250. The fourth-order valence-corrected chi connectivity index (χ4v) is 2.44. The molecule has 2 N–H and O–H groups in total. The summed E-state index contributed by atoms with van der Waals surface area (Å²) in [5.41, 5.74) is 8.68. The summed E-state index contributed by atoms with van der Waals surface area (Å²) >= 11 is 11.1. The molecule has 0 amide bonds. The van der Waals surface area contributed by atoms with Crippen molar-refractivity contribution in [2.24, 2.45) is 5.73 Å². The third-order valence-corrected chi connectivity index (χ3v) is 4.02. The summed E-state index contributed by atoms with van der Waals surface area (Å²) in [4.78, 5) is 7.02. The van der Waals surface area contributed by atoms with Gasteiger partial charge in [0.2, 0.25) is 0 Å². The number of halogens is 1. The molecule has 0 aliphatic heterocycles. The molecule has 5 heteroatoms. The average Bonchev–Trinajstić information content (AvgIpc) is 2.46. The normalized spacial score (nSPS) is 12.0. The number of rotatable bonds is 4. The van der Waals surface area contributed by atoms with E-state index in [1.165, 1.54) is 0 Å². The zero-order valence-electron chi connectivity index (χ0n) is 12.3. The Morgan fingerprint density at radius 3 is 2.43 bits per heavy atom. The van der Waals surface area contributed by atoms with Crippen LogP contribution in [0.3, 0.4) is 0 Å². The van der Waals surface area contributed by atoms with Gasteiger partial charge < -0.3 is 10.6 Å². The second-order valence-electron chi connectivity index (χ2n) is 5.03. The smallest absolute Gasteiger partial charge is 0.139 e. The van der Waals surface area contributed by atoms with Crippen LogP contribution in [-0.4, -0.2) is 17.0 Å². The summed E-state index contributed by atoms with van der Waals surface area (Å²) < 4.78 is 0. The molecule has 21 heavy (non-hydrogen) atoms. The van der Waals surface area contributed by atoms with Crippen LogP contribution >= 0.6 is 23.8 Å². The summed E-state index contributed by atoms with van der Waals surface area (Å²) in [6, 6.07) is 11.8. The molecular formula is C16H18ClN3S. The molecule has 0 radical (unpaired) electrons. The number of aromatic nitrogens is 1. The Morgan fingerprint density at radius 1 is 1.24 bits per heavy atom. The van der Waals surface area contributed by atoms with E-state index in [1.807, 2.05) is 50.4 Å². The Balaban J connectivity index is 2.39. The molecule has 2 rings (SSSR count). The van der Waals surface area contributed by atoms with Crippen LogP contribution in [0.15, 0.2) is 36.4 Å². The van der Waals surface area contributed by atoms with Crippen LogP contribution in [-0.2, 0) is 0 Å². The zero-order chi connectivity index (χ0) is 15.6. The lowest BCUT2D eigenvalue weighted by Crippen LogP contribution is -2.26. The van der Waals surface area contributed by atoms with Crippen molar-refractivity contribution in [3.63, 3.8) is 0 Å². The molecule has 1 heterocycles. The molecule has 0 bridgehead atoms. The second-order valence-corrected chi connectivity index (χ2v) is 5.90. The van der Waals surface area contributed by atoms with Crippen molar-refractivity contribution in [1.29, 1.82) is 0 Å². The van der Waals surface area contributed by atoms with Crippen LogP contribution in [0.2, 0.25) is 5.02 Å². The van der Waals surface area contributed by atoms with Gasteiger partial charge in [-0.15, -0.1) is 0 Å². The van der Waals surface area contributed by atoms with Gasteiger partial charge in [0.1, 0.15) is 10.8 Å². The maximum absolute atomic E-state index is 5.94. The average molecular weight is 320 g/mol. The SMILES string of the molecule is Cc1ccc(C(N)=S)c(N(C)C(C)c2ccc(Cl)cc2)n1. The van der Waals surface area contributed by atoms with Gasteiger partial charge in [0, 0.05) is 17.8 Å². The molecule has 1 aromatic carbocycles. The molecule has 110 valence electrons. The third-order valence-electron chi connectivity index (χ3n) is 3.55. The number of thiocarbonyl (C=S) groups is 1. The van der Waals surface area contributed by atoms with E-state index in [0.29, 0.717) is 4.99 Å². The van der Waals surface area contributed by atoms with Crippen molar-refractivity contribution in [2.45, 2.75) is 19.9 Å². The Kier molecular flexibility index (Phi) is 4.80. The van der Waals surface area contributed by atoms with Crippen LogP contribution in [0, 0.1) is 6.92 Å². The number of pyridine rings is 1. The van der Waals surface area contributed by atoms with E-state index in [0.717, 1.165) is 27.7 Å². The zero-order valence-corrected chi connectivity index (χ0v) is 13.9. The molecule has 0 spiro atoms. The van der Waals surface area contributed by atoms with Gasteiger partial charge in [0.15, 0.2) is 0 Å². The number of nitrogens with two attached hydrogens (primary N) is 1. The first-order chi connectivity index (χ1) is 9.90. The predicted octanol–water partition coefficient (Wildman–Crippen LogP) is 3.88. The van der Waals surface area contributed by atoms with E-state index in [1.54, 1.807) is 0 Å². The van der Waals surface area contributed by atoms with Gasteiger partial charge >= 0.3 is 0 Å². The summed E-state index contributed by atoms with van der Waals surface area (Å²) in [6.45, 7) is 4.06. The first kappa shape index (κ1) is 15.7. The Bertz CT molecular complexity index is 655. The van der Waals surface area contributed by atoms with Gasteiger partial charge in [-0.3, -0.25) is 0 Å². The van der Waals surface area contributed by atoms with Gasteiger partial charge in [0.05, 0.1) is 11.6 Å². The van der Waals surface area contributed by atoms with Crippen molar-refractivity contribution in [3.8, 4) is 0 Å². The van der Waals surface area contributed by atoms with Crippen LogP contribution in [0.4, 0.5) is 5.82 Å². The number of nitrogens with zero attached hydrogens (tertiary/aromatic N) is 2. The van der Waals surface area contributed by atoms with Crippen molar-refractivity contribution < 1.29 is 0 Å². The first-order valence-corrected chi connectivity index (χ1v) is 7.44. The molecule has 1 atom stereocenters. The summed E-state index contributed by atoms with van der Waals surface area (Å²) in [5.74, 6) is 0.796. The lowest BCUT2D eigenvalue weighted by Gasteiger charge is -2.28. The van der Waals surface area contributed by atoms with E-state index < -0.39 is 0 Å². The third kappa shape index (κ3) is 3.52. The van der Waals surface area contributed by atoms with Crippen molar-refractivity contribution in [3.05, 3.63) is 58.2 Å². The van der Waals surface area contributed by atoms with Crippen molar-refractivity contribution in [2.75, 3.05) is 11.9 Å². The Labute approximate surface area is 135 Å². The molecule has 0 aliphatic carbocycles. The summed E-state index contributed by atoms with van der Waals surface area (Å²) in [6.07, 6.45) is 0. The molecule has 1 aromatic heterocycles. The quantitative estimate of drug-likeness (QED) is 0.869. The lowest BCUT2D eigenvalue weighted by molar-refractivity contribution is 0.726. The van der Waals surface area contributed by atoms with Crippen LogP contribution in [0.1, 0.15) is 29.8 Å². The highest BCUT2D eigenvalue weighted by Gasteiger charge is 2.18. The minimum absolute atomic E-state index is 0.129. The monoisotopic (exact) mass is 319 g/mol. The molecule has 0 saturated carbocycles. The topological polar surface area (TPSA) is 42.1 Å². The van der Waals surface area contributed by atoms with Gasteiger partial charge in [-0.25, -0.2) is 4.98 Å². The van der Waals surface area contributed by atoms with E-state index in [4.69, 9.17) is 29.6 Å². The van der Waals surface area contributed by atoms with Gasteiger partial charge in [-0.1, -0.05) is 36.0 Å². The van der Waals surface area contributed by atoms with E-state index in [-0.39, 0.29) is 6.04 Å². The molecule has 2 aromatic rings. The summed E-state index contributed by atoms with van der Waals surface area (Å²) in [7, 11) is 1.99. The fourth-order valence-electron chi connectivity index (χ4n) is 2.15. The molecular weight excluding hydrogens is 302 g/mol. The highest BCUT2D eigenvalue weighted by molar-refractivity contribution is 7.80. The van der Waals surface area contributed by atoms with E-state index in [9.17, 15) is 0 Å². The number of anilines is 1. The lowest BCUT2D eigenvalue weighted by atomic mass is 10.1. The van der Waals surface area contributed by atoms with Crippen molar-refractivity contribution in [1.82, 2.24) is 4.98 Å². The van der Waals surface area contributed by atoms with Crippen molar-refractivity contribution >= 4 is 34.6 Å². The minimum Gasteiger partial charge on any atom is -0.389 e. The molecule has 0 saturated heterocycles. The number of hydrogen-bond acceptors (Lipinski definition) is 3. The maximum Gasteiger partial charge on any atom is 0.139 e. The van der Waals surface area contributed by atoms with Gasteiger partial charge in [0.25, 0.3) is 0 Å².